The van der Waals surface area contributed by atoms with Gasteiger partial charge >= 0.3 is 0 Å². The molecule has 0 aliphatic carbocycles. The van der Waals surface area contributed by atoms with E-state index in [2.05, 4.69) is 4.98 Å². The molecule has 1 aliphatic heterocycles. The topological polar surface area (TPSA) is 93.4 Å². The smallest absolute Gasteiger partial charge is 0.272 e. The van der Waals surface area contributed by atoms with Gasteiger partial charge in [-0.25, -0.2) is 8.42 Å². The fourth-order valence-corrected chi connectivity index (χ4v) is 2.95. The van der Waals surface area contributed by atoms with Crippen molar-refractivity contribution in [1.82, 2.24) is 9.88 Å². The molecule has 1 aromatic rings. The molecule has 98 valence electrons. The van der Waals surface area contributed by atoms with E-state index in [1.807, 2.05) is 0 Å². The molecule has 0 spiro atoms. The highest BCUT2D eigenvalue weighted by Gasteiger charge is 2.26. The lowest BCUT2D eigenvalue weighted by Gasteiger charge is -2.26. The highest BCUT2D eigenvalue weighted by Crippen LogP contribution is 2.09. The van der Waals surface area contributed by atoms with Crippen molar-refractivity contribution in [3.63, 3.8) is 0 Å². The zero-order valence-corrected chi connectivity index (χ0v) is 10.7. The van der Waals surface area contributed by atoms with E-state index in [9.17, 15) is 13.2 Å². The Hall–Kier alpha value is -1.47. The first-order valence-electron chi connectivity index (χ1n) is 5.66. The second-order valence-electron chi connectivity index (χ2n) is 4.20. The Labute approximate surface area is 106 Å². The van der Waals surface area contributed by atoms with Crippen LogP contribution in [0.5, 0.6) is 0 Å². The Balaban J connectivity index is 2.07. The van der Waals surface area contributed by atoms with Crippen molar-refractivity contribution in [2.75, 3.05) is 24.6 Å². The molecular formula is C11H15N3O3S. The minimum atomic E-state index is -2.97. The maximum Gasteiger partial charge on any atom is 0.272 e. The molecule has 2 heterocycles. The van der Waals surface area contributed by atoms with Crippen LogP contribution in [0.15, 0.2) is 18.3 Å². The van der Waals surface area contributed by atoms with E-state index < -0.39 is 9.84 Å². The largest absolute Gasteiger partial charge is 0.335 e. The third kappa shape index (κ3) is 2.85. The summed E-state index contributed by atoms with van der Waals surface area (Å²) in [6, 6.07) is 3.37. The molecule has 0 atom stereocenters. The van der Waals surface area contributed by atoms with E-state index in [0.717, 1.165) is 5.56 Å². The van der Waals surface area contributed by atoms with Crippen LogP contribution < -0.4 is 5.73 Å². The number of sulfone groups is 1. The van der Waals surface area contributed by atoms with Crippen molar-refractivity contribution < 1.29 is 13.2 Å². The number of carbonyl (C=O) groups excluding carboxylic acids is 1. The molecule has 0 bridgehead atoms. The third-order valence-corrected chi connectivity index (χ3v) is 4.52. The van der Waals surface area contributed by atoms with Crippen LogP contribution in [0.4, 0.5) is 0 Å². The second kappa shape index (κ2) is 5.03. The lowest BCUT2D eigenvalue weighted by molar-refractivity contribution is 0.0764. The molecule has 1 fully saturated rings. The van der Waals surface area contributed by atoms with Crippen LogP contribution in [0.2, 0.25) is 0 Å². The molecule has 0 unspecified atom stereocenters. The van der Waals surface area contributed by atoms with Gasteiger partial charge in [0.05, 0.1) is 11.5 Å². The first kappa shape index (κ1) is 13.0. The summed E-state index contributed by atoms with van der Waals surface area (Å²) in [6.07, 6.45) is 1.56. The molecule has 2 N–H and O–H groups in total. The van der Waals surface area contributed by atoms with Crippen LogP contribution in [-0.2, 0) is 16.4 Å². The van der Waals surface area contributed by atoms with Gasteiger partial charge in [-0.05, 0) is 11.6 Å². The van der Waals surface area contributed by atoms with Crippen molar-refractivity contribution in [1.29, 1.82) is 0 Å². The highest BCUT2D eigenvalue weighted by atomic mass is 32.2. The molecule has 0 saturated carbocycles. The second-order valence-corrected chi connectivity index (χ2v) is 6.50. The van der Waals surface area contributed by atoms with Gasteiger partial charge < -0.3 is 10.6 Å². The monoisotopic (exact) mass is 269 g/mol. The summed E-state index contributed by atoms with van der Waals surface area (Å²) in [5.41, 5.74) is 6.63. The summed E-state index contributed by atoms with van der Waals surface area (Å²) < 4.78 is 22.5. The van der Waals surface area contributed by atoms with Gasteiger partial charge in [0.1, 0.15) is 5.69 Å². The zero-order valence-electron chi connectivity index (χ0n) is 9.87. The Morgan fingerprint density at radius 2 is 2.00 bits per heavy atom. The number of hydrogen-bond acceptors (Lipinski definition) is 5. The number of amides is 1. The molecule has 7 heteroatoms. The molecule has 1 saturated heterocycles. The summed E-state index contributed by atoms with van der Waals surface area (Å²) in [5.74, 6) is -0.173. The zero-order chi connectivity index (χ0) is 13.2. The number of rotatable bonds is 2. The van der Waals surface area contributed by atoms with Gasteiger partial charge in [-0.1, -0.05) is 6.07 Å². The van der Waals surface area contributed by atoms with Crippen LogP contribution in [0.1, 0.15) is 16.1 Å². The Bertz CT molecular complexity index is 525. The van der Waals surface area contributed by atoms with E-state index in [1.165, 1.54) is 4.90 Å². The number of pyridine rings is 1. The number of nitrogens with zero attached hydrogens (tertiary/aromatic N) is 2. The SMILES string of the molecule is NCc1ccc(C(=O)N2CCS(=O)(=O)CC2)nc1. The fraction of sp³-hybridized carbons (Fsp3) is 0.455. The quantitative estimate of drug-likeness (QED) is 0.774. The predicted molar refractivity (Wildman–Crippen MR) is 66.7 cm³/mol. The van der Waals surface area contributed by atoms with E-state index in [4.69, 9.17) is 5.73 Å². The lowest BCUT2D eigenvalue weighted by atomic mass is 10.2. The Kier molecular flexibility index (Phi) is 3.63. The molecule has 1 aromatic heterocycles. The van der Waals surface area contributed by atoms with E-state index in [0.29, 0.717) is 12.2 Å². The molecule has 0 radical (unpaired) electrons. The average Bonchev–Trinajstić information content (AvgIpc) is 2.38. The molecular weight excluding hydrogens is 254 g/mol. The van der Waals surface area contributed by atoms with Gasteiger partial charge in [0.15, 0.2) is 9.84 Å². The Morgan fingerprint density at radius 1 is 1.33 bits per heavy atom. The van der Waals surface area contributed by atoms with Gasteiger partial charge in [-0.15, -0.1) is 0 Å². The first-order valence-corrected chi connectivity index (χ1v) is 7.49. The maximum atomic E-state index is 12.0. The van der Waals surface area contributed by atoms with Gasteiger partial charge in [-0.2, -0.15) is 0 Å². The first-order chi connectivity index (χ1) is 8.52. The summed E-state index contributed by atoms with van der Waals surface area (Å²) in [4.78, 5) is 17.6. The van der Waals surface area contributed by atoms with Gasteiger partial charge in [0.2, 0.25) is 0 Å². The van der Waals surface area contributed by atoms with Crippen molar-refractivity contribution in [3.8, 4) is 0 Å². The van der Waals surface area contributed by atoms with Crippen LogP contribution in [0.3, 0.4) is 0 Å². The molecule has 1 amide bonds. The molecule has 18 heavy (non-hydrogen) atoms. The maximum absolute atomic E-state index is 12.0. The van der Waals surface area contributed by atoms with E-state index in [-0.39, 0.29) is 30.5 Å². The predicted octanol–water partition coefficient (Wildman–Crippen LogP) is -0.589. The van der Waals surface area contributed by atoms with E-state index in [1.54, 1.807) is 18.3 Å². The average molecular weight is 269 g/mol. The van der Waals surface area contributed by atoms with Crippen molar-refractivity contribution in [3.05, 3.63) is 29.6 Å². The standard InChI is InChI=1S/C11H15N3O3S/c12-7-9-1-2-10(13-8-9)11(15)14-3-5-18(16,17)6-4-14/h1-2,8H,3-7,12H2. The number of nitrogens with two attached hydrogens (primary N) is 1. The summed E-state index contributed by atoms with van der Waals surface area (Å²) in [5, 5.41) is 0. The Morgan fingerprint density at radius 3 is 2.50 bits per heavy atom. The van der Waals surface area contributed by atoms with Gasteiger partial charge in [0, 0.05) is 25.8 Å². The molecule has 2 rings (SSSR count). The minimum absolute atomic E-state index is 0.0274. The third-order valence-electron chi connectivity index (χ3n) is 2.91. The highest BCUT2D eigenvalue weighted by molar-refractivity contribution is 7.91. The molecule has 6 nitrogen and oxygen atoms in total. The molecule has 1 aliphatic rings. The van der Waals surface area contributed by atoms with Gasteiger partial charge in [0.25, 0.3) is 5.91 Å². The van der Waals surface area contributed by atoms with Gasteiger partial charge in [-0.3, -0.25) is 9.78 Å². The number of carbonyl (C=O) groups is 1. The van der Waals surface area contributed by atoms with Crippen molar-refractivity contribution in [2.24, 2.45) is 5.73 Å². The molecule has 0 aromatic carbocycles. The summed E-state index contributed by atoms with van der Waals surface area (Å²) in [6.45, 7) is 0.854. The minimum Gasteiger partial charge on any atom is -0.335 e. The summed E-state index contributed by atoms with van der Waals surface area (Å²) >= 11 is 0. The normalized spacial score (nSPS) is 18.6. The number of aromatic nitrogens is 1. The lowest BCUT2D eigenvalue weighted by Crippen LogP contribution is -2.44. The number of hydrogen-bond donors (Lipinski definition) is 1. The summed E-state index contributed by atoms with van der Waals surface area (Å²) in [7, 11) is -2.97. The fourth-order valence-electron chi connectivity index (χ4n) is 1.75. The van der Waals surface area contributed by atoms with Crippen molar-refractivity contribution >= 4 is 15.7 Å². The van der Waals surface area contributed by atoms with Crippen LogP contribution >= 0.6 is 0 Å². The van der Waals surface area contributed by atoms with Crippen LogP contribution in [-0.4, -0.2) is 48.8 Å². The van der Waals surface area contributed by atoms with Crippen molar-refractivity contribution in [2.45, 2.75) is 6.54 Å². The van der Waals surface area contributed by atoms with E-state index >= 15 is 0 Å². The van der Waals surface area contributed by atoms with Crippen LogP contribution in [0, 0.1) is 0 Å². The van der Waals surface area contributed by atoms with Crippen LogP contribution in [0.25, 0.3) is 0 Å².